The summed E-state index contributed by atoms with van der Waals surface area (Å²) in [4.78, 5) is 12.5. The highest BCUT2D eigenvalue weighted by Crippen LogP contribution is 2.23. The zero-order valence-electron chi connectivity index (χ0n) is 16.0. The van der Waals surface area contributed by atoms with Gasteiger partial charge in [-0.1, -0.05) is 30.3 Å². The molecule has 0 unspecified atom stereocenters. The van der Waals surface area contributed by atoms with Crippen molar-refractivity contribution in [2.75, 3.05) is 24.2 Å². The molecule has 6 nitrogen and oxygen atoms in total. The average molecular weight is 403 g/mol. The highest BCUT2D eigenvalue weighted by atomic mass is 32.2. The molecule has 28 heavy (non-hydrogen) atoms. The van der Waals surface area contributed by atoms with Crippen LogP contribution in [-0.2, 0) is 21.4 Å². The number of amides is 1. The van der Waals surface area contributed by atoms with Crippen molar-refractivity contribution in [2.24, 2.45) is 5.92 Å². The summed E-state index contributed by atoms with van der Waals surface area (Å²) in [7, 11) is -3.17. The monoisotopic (exact) mass is 402 g/mol. The number of sulfonamides is 1. The van der Waals surface area contributed by atoms with Crippen LogP contribution in [0.15, 0.2) is 54.6 Å². The number of hydrogen-bond donors (Lipinski definition) is 1. The van der Waals surface area contributed by atoms with Gasteiger partial charge in [-0.3, -0.25) is 4.79 Å². The summed E-state index contributed by atoms with van der Waals surface area (Å²) < 4.78 is 31.1. The molecule has 0 saturated carbocycles. The van der Waals surface area contributed by atoms with Gasteiger partial charge in [-0.15, -0.1) is 0 Å². The predicted molar refractivity (Wildman–Crippen MR) is 110 cm³/mol. The van der Waals surface area contributed by atoms with Crippen molar-refractivity contribution in [2.45, 2.75) is 26.4 Å². The second-order valence-corrected chi connectivity index (χ2v) is 9.12. The molecule has 7 heteroatoms. The van der Waals surface area contributed by atoms with Gasteiger partial charge in [0, 0.05) is 24.7 Å². The summed E-state index contributed by atoms with van der Waals surface area (Å²) in [6, 6.07) is 17.2. The number of nitrogens with zero attached hydrogens (tertiary/aromatic N) is 1. The molecule has 0 radical (unpaired) electrons. The van der Waals surface area contributed by atoms with Crippen LogP contribution < -0.4 is 10.1 Å². The number of piperidine rings is 1. The summed E-state index contributed by atoms with van der Waals surface area (Å²) in [5.74, 6) is 0.603. The molecule has 1 N–H and O–H groups in total. The Balaban J connectivity index is 1.48. The molecular weight excluding hydrogens is 376 g/mol. The minimum Gasteiger partial charge on any atom is -0.489 e. The number of rotatable bonds is 7. The van der Waals surface area contributed by atoms with Crippen LogP contribution >= 0.6 is 0 Å². The number of carbonyl (C=O) groups excluding carboxylic acids is 1. The van der Waals surface area contributed by atoms with Crippen LogP contribution in [0.25, 0.3) is 0 Å². The van der Waals surface area contributed by atoms with Crippen LogP contribution in [0.2, 0.25) is 0 Å². The number of nitrogens with one attached hydrogen (secondary N) is 1. The molecule has 1 heterocycles. The Labute approximate surface area is 166 Å². The summed E-state index contributed by atoms with van der Waals surface area (Å²) in [5, 5.41) is 2.92. The number of benzene rings is 2. The van der Waals surface area contributed by atoms with E-state index in [0.29, 0.717) is 38.2 Å². The lowest BCUT2D eigenvalue weighted by molar-refractivity contribution is -0.120. The van der Waals surface area contributed by atoms with Gasteiger partial charge >= 0.3 is 0 Å². The van der Waals surface area contributed by atoms with Crippen molar-refractivity contribution in [1.82, 2.24) is 4.31 Å². The highest BCUT2D eigenvalue weighted by molar-refractivity contribution is 7.89. The fourth-order valence-corrected chi connectivity index (χ4v) is 4.33. The van der Waals surface area contributed by atoms with Gasteiger partial charge in [-0.2, -0.15) is 0 Å². The van der Waals surface area contributed by atoms with E-state index < -0.39 is 10.0 Å². The minimum atomic E-state index is -3.17. The van der Waals surface area contributed by atoms with E-state index in [9.17, 15) is 13.2 Å². The Kier molecular flexibility index (Phi) is 6.70. The molecule has 2 aromatic rings. The van der Waals surface area contributed by atoms with Gasteiger partial charge in [0.05, 0.1) is 5.75 Å². The van der Waals surface area contributed by atoms with E-state index in [1.807, 2.05) is 54.6 Å². The van der Waals surface area contributed by atoms with Crippen molar-refractivity contribution in [3.8, 4) is 5.75 Å². The number of ether oxygens (including phenoxy) is 1. The maximum Gasteiger partial charge on any atom is 0.227 e. The van der Waals surface area contributed by atoms with Crippen LogP contribution in [0.4, 0.5) is 5.69 Å². The van der Waals surface area contributed by atoms with Crippen LogP contribution in [0, 0.1) is 5.92 Å². The highest BCUT2D eigenvalue weighted by Gasteiger charge is 2.30. The quantitative estimate of drug-likeness (QED) is 0.771. The molecule has 0 aromatic heterocycles. The molecule has 2 aromatic carbocycles. The third-order valence-electron chi connectivity index (χ3n) is 4.95. The van der Waals surface area contributed by atoms with Crippen molar-refractivity contribution in [3.63, 3.8) is 0 Å². The van der Waals surface area contributed by atoms with E-state index in [4.69, 9.17) is 4.74 Å². The van der Waals surface area contributed by atoms with Gasteiger partial charge in [0.25, 0.3) is 0 Å². The van der Waals surface area contributed by atoms with Crippen molar-refractivity contribution in [1.29, 1.82) is 0 Å². The summed E-state index contributed by atoms with van der Waals surface area (Å²) in [5.41, 5.74) is 1.80. The van der Waals surface area contributed by atoms with E-state index in [0.717, 1.165) is 11.3 Å². The lowest BCUT2D eigenvalue weighted by Gasteiger charge is -2.30. The van der Waals surface area contributed by atoms with E-state index >= 15 is 0 Å². The van der Waals surface area contributed by atoms with Gasteiger partial charge in [0.15, 0.2) is 0 Å². The molecule has 1 saturated heterocycles. The van der Waals surface area contributed by atoms with Gasteiger partial charge in [0.2, 0.25) is 15.9 Å². The van der Waals surface area contributed by atoms with Gasteiger partial charge in [0.1, 0.15) is 12.4 Å². The van der Waals surface area contributed by atoms with Gasteiger partial charge in [-0.05, 0) is 49.6 Å². The Morgan fingerprint density at radius 1 is 1.07 bits per heavy atom. The van der Waals surface area contributed by atoms with Crippen molar-refractivity contribution >= 4 is 21.6 Å². The number of hydrogen-bond acceptors (Lipinski definition) is 4. The Bertz CT molecular complexity index is 874. The molecule has 0 bridgehead atoms. The molecule has 3 rings (SSSR count). The molecule has 0 aliphatic carbocycles. The number of anilines is 1. The largest absolute Gasteiger partial charge is 0.489 e. The standard InChI is InChI=1S/C21H26N2O4S/c1-2-28(25,26)23-14-12-18(13-15-23)21(24)22-19-8-10-20(11-9-19)27-16-17-6-4-3-5-7-17/h3-11,18H,2,12-16H2,1H3,(H,22,24). The van der Waals surface area contributed by atoms with Crippen LogP contribution in [-0.4, -0.2) is 37.5 Å². The third-order valence-corrected chi connectivity index (χ3v) is 6.83. The summed E-state index contributed by atoms with van der Waals surface area (Å²) in [6.07, 6.45) is 1.09. The zero-order valence-corrected chi connectivity index (χ0v) is 16.8. The Morgan fingerprint density at radius 3 is 2.32 bits per heavy atom. The SMILES string of the molecule is CCS(=O)(=O)N1CCC(C(=O)Nc2ccc(OCc3ccccc3)cc2)CC1. The van der Waals surface area contributed by atoms with Crippen LogP contribution in [0.5, 0.6) is 5.75 Å². The van der Waals surface area contributed by atoms with Crippen LogP contribution in [0.1, 0.15) is 25.3 Å². The summed E-state index contributed by atoms with van der Waals surface area (Å²) >= 11 is 0. The first-order valence-electron chi connectivity index (χ1n) is 9.53. The maximum atomic E-state index is 12.5. The van der Waals surface area contributed by atoms with Crippen molar-refractivity contribution < 1.29 is 17.9 Å². The molecular formula is C21H26N2O4S. The molecule has 1 aliphatic rings. The molecule has 1 fully saturated rings. The van der Waals surface area contributed by atoms with E-state index in [2.05, 4.69) is 5.32 Å². The second kappa shape index (κ2) is 9.21. The second-order valence-electron chi connectivity index (χ2n) is 6.86. The Morgan fingerprint density at radius 2 is 1.71 bits per heavy atom. The lowest BCUT2D eigenvalue weighted by Crippen LogP contribution is -2.42. The van der Waals surface area contributed by atoms with Crippen molar-refractivity contribution in [3.05, 3.63) is 60.2 Å². The van der Waals surface area contributed by atoms with Gasteiger partial charge < -0.3 is 10.1 Å². The fourth-order valence-electron chi connectivity index (χ4n) is 3.20. The topological polar surface area (TPSA) is 75.7 Å². The lowest BCUT2D eigenvalue weighted by atomic mass is 9.97. The van der Waals surface area contributed by atoms with E-state index in [1.165, 1.54) is 4.31 Å². The van der Waals surface area contributed by atoms with Gasteiger partial charge in [-0.25, -0.2) is 12.7 Å². The average Bonchev–Trinajstić information content (AvgIpc) is 2.74. The molecule has 150 valence electrons. The molecule has 0 spiro atoms. The van der Waals surface area contributed by atoms with E-state index in [-0.39, 0.29) is 17.6 Å². The minimum absolute atomic E-state index is 0.0634. The third kappa shape index (κ3) is 5.33. The first-order valence-corrected chi connectivity index (χ1v) is 11.1. The Hall–Kier alpha value is -2.38. The zero-order chi connectivity index (χ0) is 20.0. The van der Waals surface area contributed by atoms with E-state index in [1.54, 1.807) is 6.92 Å². The first kappa shape index (κ1) is 20.4. The molecule has 1 amide bonds. The number of carbonyl (C=O) groups is 1. The maximum absolute atomic E-state index is 12.5. The normalized spacial score (nSPS) is 15.9. The van der Waals surface area contributed by atoms with Crippen LogP contribution in [0.3, 0.4) is 0 Å². The molecule has 0 atom stereocenters. The smallest absolute Gasteiger partial charge is 0.227 e. The predicted octanol–water partition coefficient (Wildman–Crippen LogP) is 3.27. The molecule has 1 aliphatic heterocycles. The fraction of sp³-hybridized carbons (Fsp3) is 0.381. The summed E-state index contributed by atoms with van der Waals surface area (Å²) in [6.45, 7) is 2.94. The first-order chi connectivity index (χ1) is 13.5.